The zero-order chi connectivity index (χ0) is 12.3. The summed E-state index contributed by atoms with van der Waals surface area (Å²) in [6.07, 6.45) is 2.44. The van der Waals surface area contributed by atoms with Crippen molar-refractivity contribution in [3.05, 3.63) is 34.0 Å². The molecular formula is C12H10BrN3S. The molecule has 0 aromatic carbocycles. The van der Waals surface area contributed by atoms with Gasteiger partial charge >= 0.3 is 0 Å². The number of nitriles is 1. The van der Waals surface area contributed by atoms with Gasteiger partial charge in [-0.3, -0.25) is 0 Å². The van der Waals surface area contributed by atoms with Gasteiger partial charge in [-0.25, -0.2) is 9.97 Å². The average molecular weight is 308 g/mol. The molecule has 2 aromatic rings. The molecule has 0 aliphatic rings. The van der Waals surface area contributed by atoms with E-state index in [-0.39, 0.29) is 5.92 Å². The van der Waals surface area contributed by atoms with Crippen LogP contribution in [0.25, 0.3) is 10.6 Å². The zero-order valence-corrected chi connectivity index (χ0v) is 11.6. The summed E-state index contributed by atoms with van der Waals surface area (Å²) in [6.45, 7) is 1.96. The fourth-order valence-electron chi connectivity index (χ4n) is 1.46. The van der Waals surface area contributed by atoms with Crippen molar-refractivity contribution in [2.75, 3.05) is 0 Å². The van der Waals surface area contributed by atoms with E-state index in [9.17, 15) is 0 Å². The van der Waals surface area contributed by atoms with E-state index in [0.717, 1.165) is 20.8 Å². The van der Waals surface area contributed by atoms with Crippen molar-refractivity contribution < 1.29 is 0 Å². The highest BCUT2D eigenvalue weighted by Crippen LogP contribution is 2.30. The summed E-state index contributed by atoms with van der Waals surface area (Å²) in [4.78, 5) is 9.70. The minimum Gasteiger partial charge on any atom is -0.240 e. The lowest BCUT2D eigenvalue weighted by Crippen LogP contribution is -2.01. The van der Waals surface area contributed by atoms with Crippen LogP contribution in [0.3, 0.4) is 0 Å². The fraction of sp³-hybridized carbons (Fsp3) is 0.250. The van der Waals surface area contributed by atoms with Crippen LogP contribution in [0.15, 0.2) is 28.2 Å². The van der Waals surface area contributed by atoms with Crippen molar-refractivity contribution in [2.24, 2.45) is 0 Å². The van der Waals surface area contributed by atoms with Crippen molar-refractivity contribution >= 4 is 27.3 Å². The molecule has 0 aliphatic heterocycles. The first-order valence-electron chi connectivity index (χ1n) is 5.23. The highest BCUT2D eigenvalue weighted by Gasteiger charge is 2.12. The highest BCUT2D eigenvalue weighted by molar-refractivity contribution is 9.11. The van der Waals surface area contributed by atoms with Gasteiger partial charge in [0.05, 0.1) is 20.4 Å². The molecule has 0 spiro atoms. The molecule has 0 fully saturated rings. The van der Waals surface area contributed by atoms with Crippen LogP contribution in [0, 0.1) is 11.3 Å². The van der Waals surface area contributed by atoms with Gasteiger partial charge in [-0.1, -0.05) is 6.92 Å². The van der Waals surface area contributed by atoms with E-state index in [1.54, 1.807) is 17.5 Å². The fourth-order valence-corrected chi connectivity index (χ4v) is 2.82. The molecular weight excluding hydrogens is 298 g/mol. The first-order chi connectivity index (χ1) is 8.24. The first-order valence-corrected chi connectivity index (χ1v) is 6.83. The van der Waals surface area contributed by atoms with E-state index in [1.807, 2.05) is 25.1 Å². The molecule has 0 radical (unpaired) electrons. The second kappa shape index (κ2) is 5.39. The molecule has 1 atom stereocenters. The summed E-state index contributed by atoms with van der Waals surface area (Å²) in [6, 6.07) is 8.09. The van der Waals surface area contributed by atoms with E-state index in [0.29, 0.717) is 5.82 Å². The van der Waals surface area contributed by atoms with Gasteiger partial charge in [0.25, 0.3) is 0 Å². The lowest BCUT2D eigenvalue weighted by Gasteiger charge is -2.05. The second-order valence-corrected chi connectivity index (χ2v) is 5.96. The van der Waals surface area contributed by atoms with Crippen LogP contribution in [-0.2, 0) is 0 Å². The molecule has 0 amide bonds. The Morgan fingerprint density at radius 1 is 1.47 bits per heavy atom. The lowest BCUT2D eigenvalue weighted by molar-refractivity contribution is 0.752. The van der Waals surface area contributed by atoms with Gasteiger partial charge in [-0.2, -0.15) is 5.26 Å². The molecule has 0 saturated carbocycles. The van der Waals surface area contributed by atoms with Crippen LogP contribution in [0.1, 0.15) is 25.1 Å². The minimum absolute atomic E-state index is 0.224. The van der Waals surface area contributed by atoms with Gasteiger partial charge in [0.15, 0.2) is 0 Å². The highest BCUT2D eigenvalue weighted by atomic mass is 79.9. The Hall–Kier alpha value is -1.25. The molecule has 1 unspecified atom stereocenters. The molecule has 2 rings (SSSR count). The predicted octanol–water partition coefficient (Wildman–Crippen LogP) is 3.98. The Morgan fingerprint density at radius 2 is 2.29 bits per heavy atom. The number of halogens is 1. The Morgan fingerprint density at radius 3 is 2.88 bits per heavy atom. The summed E-state index contributed by atoms with van der Waals surface area (Å²) >= 11 is 5.05. The number of hydrogen-bond acceptors (Lipinski definition) is 4. The van der Waals surface area contributed by atoms with Crippen LogP contribution in [0.5, 0.6) is 0 Å². The zero-order valence-electron chi connectivity index (χ0n) is 9.22. The molecule has 0 aliphatic carbocycles. The molecule has 17 heavy (non-hydrogen) atoms. The van der Waals surface area contributed by atoms with Crippen LogP contribution in [0.4, 0.5) is 0 Å². The van der Waals surface area contributed by atoms with Crippen LogP contribution < -0.4 is 0 Å². The van der Waals surface area contributed by atoms with Crippen molar-refractivity contribution in [3.8, 4) is 16.6 Å². The molecule has 0 N–H and O–H groups in total. The lowest BCUT2D eigenvalue weighted by atomic mass is 10.1. The van der Waals surface area contributed by atoms with E-state index in [1.165, 1.54) is 0 Å². The third-order valence-corrected chi connectivity index (χ3v) is 4.02. The van der Waals surface area contributed by atoms with E-state index < -0.39 is 0 Å². The molecule has 2 heterocycles. The van der Waals surface area contributed by atoms with E-state index in [4.69, 9.17) is 5.26 Å². The number of aromatic nitrogens is 2. The third kappa shape index (κ3) is 2.71. The SMILES string of the molecule is CCC(C#N)c1nccc(-c2ccc(Br)s2)n1. The molecule has 0 bridgehead atoms. The largest absolute Gasteiger partial charge is 0.240 e. The summed E-state index contributed by atoms with van der Waals surface area (Å²) in [5, 5.41) is 9.01. The number of nitrogens with zero attached hydrogens (tertiary/aromatic N) is 3. The maximum Gasteiger partial charge on any atom is 0.146 e. The van der Waals surface area contributed by atoms with Crippen molar-refractivity contribution in [3.63, 3.8) is 0 Å². The summed E-state index contributed by atoms with van der Waals surface area (Å²) in [5.74, 6) is 0.385. The smallest absolute Gasteiger partial charge is 0.146 e. The van der Waals surface area contributed by atoms with Gasteiger partial charge in [0, 0.05) is 6.20 Å². The number of rotatable bonds is 3. The Labute approximate surface area is 112 Å². The van der Waals surface area contributed by atoms with Crippen molar-refractivity contribution in [1.29, 1.82) is 5.26 Å². The monoisotopic (exact) mass is 307 g/mol. The standard InChI is InChI=1S/C12H10BrN3S/c1-2-8(7-14)12-15-6-5-9(16-12)10-3-4-11(13)17-10/h3-6,8H,2H2,1H3. The van der Waals surface area contributed by atoms with Crippen molar-refractivity contribution in [1.82, 2.24) is 9.97 Å². The molecule has 86 valence electrons. The molecule has 2 aromatic heterocycles. The van der Waals surface area contributed by atoms with Gasteiger partial charge in [0.2, 0.25) is 0 Å². The first kappa shape index (κ1) is 12.2. The van der Waals surface area contributed by atoms with Gasteiger partial charge in [0.1, 0.15) is 11.7 Å². The Kier molecular flexibility index (Phi) is 3.87. The summed E-state index contributed by atoms with van der Waals surface area (Å²) in [5.41, 5.74) is 0.874. The minimum atomic E-state index is -0.224. The molecule has 5 heteroatoms. The maximum absolute atomic E-state index is 9.01. The van der Waals surface area contributed by atoms with Crippen molar-refractivity contribution in [2.45, 2.75) is 19.3 Å². The van der Waals surface area contributed by atoms with E-state index in [2.05, 4.69) is 32.0 Å². The Bertz CT molecular complexity index is 559. The van der Waals surface area contributed by atoms with Crippen LogP contribution in [0.2, 0.25) is 0 Å². The van der Waals surface area contributed by atoms with Gasteiger partial charge in [-0.15, -0.1) is 11.3 Å². The Balaban J connectivity index is 2.38. The second-order valence-electron chi connectivity index (χ2n) is 3.49. The number of hydrogen-bond donors (Lipinski definition) is 0. The predicted molar refractivity (Wildman–Crippen MR) is 71.7 cm³/mol. The van der Waals surface area contributed by atoms with Crippen LogP contribution >= 0.6 is 27.3 Å². The van der Waals surface area contributed by atoms with Crippen LogP contribution in [-0.4, -0.2) is 9.97 Å². The number of thiophene rings is 1. The van der Waals surface area contributed by atoms with Gasteiger partial charge in [-0.05, 0) is 40.5 Å². The average Bonchev–Trinajstić information content (AvgIpc) is 2.78. The normalized spacial score (nSPS) is 12.1. The topological polar surface area (TPSA) is 49.6 Å². The third-order valence-electron chi connectivity index (χ3n) is 2.38. The molecule has 0 saturated heterocycles. The van der Waals surface area contributed by atoms with E-state index >= 15 is 0 Å². The summed E-state index contributed by atoms with van der Waals surface area (Å²) < 4.78 is 1.07. The maximum atomic E-state index is 9.01. The van der Waals surface area contributed by atoms with Gasteiger partial charge < -0.3 is 0 Å². The quantitative estimate of drug-likeness (QED) is 0.861. The summed E-state index contributed by atoms with van der Waals surface area (Å²) in [7, 11) is 0. The molecule has 3 nitrogen and oxygen atoms in total.